The molecule has 0 saturated carbocycles. The number of aryl methyl sites for hydroxylation is 1. The molecule has 1 aromatic heterocycles. The van der Waals surface area contributed by atoms with E-state index in [0.29, 0.717) is 18.9 Å². The molecule has 9 nitrogen and oxygen atoms in total. The van der Waals surface area contributed by atoms with Crippen molar-refractivity contribution in [3.63, 3.8) is 0 Å². The molecule has 2 saturated heterocycles. The standard InChI is InChI=1S/C22H30N4O5S/c1-24-9-3-5-18(24)19-6-4-10-25(19)16-22(27)23-17-7-8-20(30-2)21(15-17)32(28,29)26-11-13-31-14-12-26/h3,5,7-9,15,19H,4,6,10-14,16H2,1-2H3,(H,23,27)/t19-/m1/s1. The van der Waals surface area contributed by atoms with E-state index in [1.165, 1.54) is 23.2 Å². The highest BCUT2D eigenvalue weighted by Crippen LogP contribution is 2.32. The van der Waals surface area contributed by atoms with Crippen molar-refractivity contribution in [1.29, 1.82) is 0 Å². The Kier molecular flexibility index (Phi) is 6.85. The molecular weight excluding hydrogens is 432 g/mol. The van der Waals surface area contributed by atoms with Gasteiger partial charge < -0.3 is 19.4 Å². The third-order valence-corrected chi connectivity index (χ3v) is 7.99. The van der Waals surface area contributed by atoms with Gasteiger partial charge in [0.1, 0.15) is 10.6 Å². The van der Waals surface area contributed by atoms with Crippen LogP contribution in [-0.2, 0) is 26.6 Å². The molecule has 1 N–H and O–H groups in total. The molecule has 32 heavy (non-hydrogen) atoms. The molecule has 0 aliphatic carbocycles. The van der Waals surface area contributed by atoms with Crippen LogP contribution in [0.4, 0.5) is 5.69 Å². The molecule has 174 valence electrons. The van der Waals surface area contributed by atoms with Gasteiger partial charge in [-0.1, -0.05) is 0 Å². The van der Waals surface area contributed by atoms with E-state index in [1.54, 1.807) is 12.1 Å². The van der Waals surface area contributed by atoms with E-state index >= 15 is 0 Å². The zero-order valence-corrected chi connectivity index (χ0v) is 19.3. The Hall–Kier alpha value is -2.40. The topological polar surface area (TPSA) is 93.1 Å². The minimum Gasteiger partial charge on any atom is -0.495 e. The third-order valence-electron chi connectivity index (χ3n) is 6.07. The molecule has 2 aromatic rings. The summed E-state index contributed by atoms with van der Waals surface area (Å²) in [5.41, 5.74) is 1.62. The fourth-order valence-electron chi connectivity index (χ4n) is 4.44. The van der Waals surface area contributed by atoms with Crippen molar-refractivity contribution in [3.8, 4) is 5.75 Å². The van der Waals surface area contributed by atoms with Crippen LogP contribution < -0.4 is 10.1 Å². The second-order valence-electron chi connectivity index (χ2n) is 8.10. The fraction of sp³-hybridized carbons (Fsp3) is 0.500. The first-order chi connectivity index (χ1) is 15.4. The van der Waals surface area contributed by atoms with Crippen LogP contribution in [0.3, 0.4) is 0 Å². The molecule has 2 aliphatic rings. The second kappa shape index (κ2) is 9.62. The van der Waals surface area contributed by atoms with Crippen molar-refractivity contribution in [1.82, 2.24) is 13.8 Å². The smallest absolute Gasteiger partial charge is 0.246 e. The minimum absolute atomic E-state index is 0.0440. The number of ether oxygens (including phenoxy) is 2. The largest absolute Gasteiger partial charge is 0.495 e. The van der Waals surface area contributed by atoms with Crippen LogP contribution in [-0.4, -0.2) is 74.6 Å². The number of amides is 1. The maximum absolute atomic E-state index is 13.2. The van der Waals surface area contributed by atoms with E-state index in [9.17, 15) is 13.2 Å². The molecule has 0 bridgehead atoms. The van der Waals surface area contributed by atoms with Crippen LogP contribution in [0.2, 0.25) is 0 Å². The Morgan fingerprint density at radius 2 is 2.00 bits per heavy atom. The maximum Gasteiger partial charge on any atom is 0.246 e. The quantitative estimate of drug-likeness (QED) is 0.675. The lowest BCUT2D eigenvalue weighted by molar-refractivity contribution is -0.117. The van der Waals surface area contributed by atoms with Gasteiger partial charge >= 0.3 is 0 Å². The van der Waals surface area contributed by atoms with Crippen molar-refractivity contribution in [3.05, 3.63) is 42.2 Å². The van der Waals surface area contributed by atoms with Gasteiger partial charge in [0.05, 0.1) is 32.9 Å². The number of rotatable bonds is 7. The van der Waals surface area contributed by atoms with Gasteiger partial charge in [-0.2, -0.15) is 4.31 Å². The van der Waals surface area contributed by atoms with E-state index in [-0.39, 0.29) is 42.2 Å². The molecule has 1 amide bonds. The number of methoxy groups -OCH3 is 1. The highest BCUT2D eigenvalue weighted by molar-refractivity contribution is 7.89. The van der Waals surface area contributed by atoms with Crippen LogP contribution >= 0.6 is 0 Å². The number of nitrogens with zero attached hydrogens (tertiary/aromatic N) is 3. The number of carbonyl (C=O) groups is 1. The molecule has 2 aliphatic heterocycles. The van der Waals surface area contributed by atoms with Gasteiger partial charge in [-0.3, -0.25) is 9.69 Å². The number of hydrogen-bond donors (Lipinski definition) is 1. The van der Waals surface area contributed by atoms with Crippen molar-refractivity contribution in [2.24, 2.45) is 7.05 Å². The highest BCUT2D eigenvalue weighted by Gasteiger charge is 2.31. The number of benzene rings is 1. The summed E-state index contributed by atoms with van der Waals surface area (Å²) in [5.74, 6) is 0.0730. The number of hydrogen-bond acceptors (Lipinski definition) is 6. The first-order valence-corrected chi connectivity index (χ1v) is 12.2. The van der Waals surface area contributed by atoms with Gasteiger partial charge in [0.15, 0.2) is 0 Å². The third kappa shape index (κ3) is 4.68. The first-order valence-electron chi connectivity index (χ1n) is 10.8. The Bertz CT molecular complexity index is 1060. The molecule has 0 spiro atoms. The predicted octanol–water partition coefficient (Wildman–Crippen LogP) is 1.83. The molecule has 0 unspecified atom stereocenters. The number of likely N-dealkylation sites (tertiary alicyclic amines) is 1. The summed E-state index contributed by atoms with van der Waals surface area (Å²) >= 11 is 0. The number of sulfonamides is 1. The summed E-state index contributed by atoms with van der Waals surface area (Å²) in [4.78, 5) is 15.0. The molecule has 1 aromatic carbocycles. The van der Waals surface area contributed by atoms with E-state index in [1.807, 2.05) is 19.3 Å². The van der Waals surface area contributed by atoms with E-state index in [0.717, 1.165) is 19.4 Å². The van der Waals surface area contributed by atoms with Crippen molar-refractivity contribution in [2.75, 3.05) is 51.8 Å². The Labute approximate surface area is 188 Å². The molecule has 3 heterocycles. The van der Waals surface area contributed by atoms with Crippen molar-refractivity contribution in [2.45, 2.75) is 23.8 Å². The summed E-state index contributed by atoms with van der Waals surface area (Å²) < 4.78 is 40.4. The Morgan fingerprint density at radius 3 is 2.69 bits per heavy atom. The SMILES string of the molecule is COc1ccc(NC(=O)CN2CCC[C@@H]2c2cccn2C)cc1S(=O)(=O)N1CCOCC1. The number of anilines is 1. The van der Waals surface area contributed by atoms with Gasteiger partial charge in [-0.05, 0) is 49.7 Å². The Balaban J connectivity index is 1.49. The van der Waals surface area contributed by atoms with Gasteiger partial charge in [-0.15, -0.1) is 0 Å². The van der Waals surface area contributed by atoms with E-state index in [2.05, 4.69) is 20.9 Å². The molecule has 10 heteroatoms. The summed E-state index contributed by atoms with van der Waals surface area (Å²) in [6, 6.07) is 9.01. The van der Waals surface area contributed by atoms with Gasteiger partial charge in [0.2, 0.25) is 15.9 Å². The lowest BCUT2D eigenvalue weighted by Gasteiger charge is -2.27. The zero-order valence-electron chi connectivity index (χ0n) is 18.5. The maximum atomic E-state index is 13.2. The molecule has 1 atom stereocenters. The van der Waals surface area contributed by atoms with E-state index < -0.39 is 10.0 Å². The molecule has 2 fully saturated rings. The summed E-state index contributed by atoms with van der Waals surface area (Å²) in [6.07, 6.45) is 4.06. The van der Waals surface area contributed by atoms with Crippen LogP contribution in [0.1, 0.15) is 24.6 Å². The molecule has 0 radical (unpaired) electrons. The zero-order chi connectivity index (χ0) is 22.7. The summed E-state index contributed by atoms with van der Waals surface area (Å²) in [5, 5.41) is 2.87. The number of nitrogens with one attached hydrogen (secondary N) is 1. The van der Waals surface area contributed by atoms with Crippen LogP contribution in [0.25, 0.3) is 0 Å². The molecular formula is C22H30N4O5S. The molecule has 4 rings (SSSR count). The number of morpholine rings is 1. The highest BCUT2D eigenvalue weighted by atomic mass is 32.2. The monoisotopic (exact) mass is 462 g/mol. The van der Waals surface area contributed by atoms with E-state index in [4.69, 9.17) is 9.47 Å². The van der Waals surface area contributed by atoms with Crippen molar-refractivity contribution < 1.29 is 22.7 Å². The average Bonchev–Trinajstić information content (AvgIpc) is 3.42. The first kappa shape index (κ1) is 22.8. The summed E-state index contributed by atoms with van der Waals surface area (Å²) in [7, 11) is -0.318. The number of carbonyl (C=O) groups excluding carboxylic acids is 1. The van der Waals surface area contributed by atoms with Crippen LogP contribution in [0.5, 0.6) is 5.75 Å². The summed E-state index contributed by atoms with van der Waals surface area (Å²) in [6.45, 7) is 2.39. The minimum atomic E-state index is -3.76. The average molecular weight is 463 g/mol. The Morgan fingerprint density at radius 1 is 1.22 bits per heavy atom. The lowest BCUT2D eigenvalue weighted by Crippen LogP contribution is -2.40. The van der Waals surface area contributed by atoms with Crippen molar-refractivity contribution >= 4 is 21.6 Å². The number of aromatic nitrogens is 1. The van der Waals surface area contributed by atoms with Crippen LogP contribution in [0, 0.1) is 0 Å². The second-order valence-corrected chi connectivity index (χ2v) is 10.0. The predicted molar refractivity (Wildman–Crippen MR) is 120 cm³/mol. The van der Waals surface area contributed by atoms with Gasteiger partial charge in [-0.25, -0.2) is 8.42 Å². The lowest BCUT2D eigenvalue weighted by atomic mass is 10.1. The normalized spacial score (nSPS) is 20.4. The van der Waals surface area contributed by atoms with Gasteiger partial charge in [0.25, 0.3) is 0 Å². The van der Waals surface area contributed by atoms with Crippen LogP contribution in [0.15, 0.2) is 41.4 Å². The van der Waals surface area contributed by atoms with Gasteiger partial charge in [0, 0.05) is 37.7 Å². The fourth-order valence-corrected chi connectivity index (χ4v) is 6.03.